The average molecular weight is 145 g/mol. The molecule has 1 unspecified atom stereocenters. The molecule has 0 saturated carbocycles. The summed E-state index contributed by atoms with van der Waals surface area (Å²) in [5, 5.41) is 0. The molecule has 10 heavy (non-hydrogen) atoms. The first-order valence-corrected chi connectivity index (χ1v) is 3.73. The number of rotatable bonds is 0. The zero-order valence-electron chi connectivity index (χ0n) is 6.81. The van der Waals surface area contributed by atoms with E-state index in [0.717, 1.165) is 6.42 Å². The predicted molar refractivity (Wildman–Crippen MR) is 39.3 cm³/mol. The Morgan fingerprint density at radius 2 is 2.20 bits per heavy atom. The zero-order valence-corrected chi connectivity index (χ0v) is 6.81. The molecule has 0 aromatic rings. The van der Waals surface area contributed by atoms with E-state index in [0.29, 0.717) is 6.42 Å². The van der Waals surface area contributed by atoms with Crippen LogP contribution < -0.4 is 5.48 Å². The Kier molecular flexibility index (Phi) is 4.94. The third-order valence-corrected chi connectivity index (χ3v) is 1.15. The van der Waals surface area contributed by atoms with Crippen molar-refractivity contribution in [1.29, 1.82) is 0 Å². The third-order valence-electron chi connectivity index (χ3n) is 1.15. The SMILES string of the molecule is CC.CC1CCC(=O)NO1. The van der Waals surface area contributed by atoms with Crippen molar-refractivity contribution in [2.45, 2.75) is 39.7 Å². The average Bonchev–Trinajstić information content (AvgIpc) is 2.00. The van der Waals surface area contributed by atoms with Gasteiger partial charge in [-0.3, -0.25) is 9.63 Å². The molecule has 0 spiro atoms. The Bertz CT molecular complexity index is 93.8. The third kappa shape index (κ3) is 3.45. The van der Waals surface area contributed by atoms with Gasteiger partial charge in [0, 0.05) is 6.42 Å². The number of hydrogen-bond acceptors (Lipinski definition) is 2. The molecule has 3 nitrogen and oxygen atoms in total. The van der Waals surface area contributed by atoms with Crippen LogP contribution in [-0.4, -0.2) is 12.0 Å². The highest BCUT2D eigenvalue weighted by Crippen LogP contribution is 2.04. The summed E-state index contributed by atoms with van der Waals surface area (Å²) in [6.45, 7) is 5.93. The second-order valence-electron chi connectivity index (χ2n) is 1.99. The van der Waals surface area contributed by atoms with Crippen molar-refractivity contribution in [3.63, 3.8) is 0 Å². The van der Waals surface area contributed by atoms with Crippen LogP contribution in [-0.2, 0) is 9.63 Å². The molecule has 0 aromatic heterocycles. The van der Waals surface area contributed by atoms with Gasteiger partial charge >= 0.3 is 0 Å². The zero-order chi connectivity index (χ0) is 7.98. The van der Waals surface area contributed by atoms with Crippen molar-refractivity contribution in [2.24, 2.45) is 0 Å². The lowest BCUT2D eigenvalue weighted by atomic mass is 10.2. The number of nitrogens with one attached hydrogen (secondary N) is 1. The first-order valence-electron chi connectivity index (χ1n) is 3.73. The van der Waals surface area contributed by atoms with Crippen LogP contribution in [0.15, 0.2) is 0 Å². The van der Waals surface area contributed by atoms with Crippen molar-refractivity contribution >= 4 is 5.91 Å². The summed E-state index contributed by atoms with van der Waals surface area (Å²) in [6, 6.07) is 0. The second kappa shape index (κ2) is 5.23. The normalized spacial score (nSPS) is 24.3. The maximum absolute atomic E-state index is 10.4. The molecule has 1 amide bonds. The lowest BCUT2D eigenvalue weighted by Crippen LogP contribution is -2.33. The second-order valence-corrected chi connectivity index (χ2v) is 1.99. The Balaban J connectivity index is 0.000000371. The number of carbonyl (C=O) groups is 1. The fraction of sp³-hybridized carbons (Fsp3) is 0.857. The fourth-order valence-electron chi connectivity index (χ4n) is 0.611. The maximum atomic E-state index is 10.4. The molecule has 0 aliphatic carbocycles. The summed E-state index contributed by atoms with van der Waals surface area (Å²) in [6.07, 6.45) is 1.63. The van der Waals surface area contributed by atoms with Gasteiger partial charge in [-0.1, -0.05) is 13.8 Å². The van der Waals surface area contributed by atoms with Crippen LogP contribution in [0.1, 0.15) is 33.6 Å². The number of hydrogen-bond donors (Lipinski definition) is 1. The molecular formula is C7H15NO2. The van der Waals surface area contributed by atoms with Crippen LogP contribution in [0.2, 0.25) is 0 Å². The Labute approximate surface area is 61.7 Å². The van der Waals surface area contributed by atoms with Gasteiger partial charge in [0.2, 0.25) is 5.91 Å². The van der Waals surface area contributed by atoms with E-state index in [4.69, 9.17) is 4.84 Å². The van der Waals surface area contributed by atoms with Crippen LogP contribution in [0.5, 0.6) is 0 Å². The number of carbonyl (C=O) groups excluding carboxylic acids is 1. The molecule has 1 atom stereocenters. The largest absolute Gasteiger partial charge is 0.273 e. The van der Waals surface area contributed by atoms with Crippen molar-refractivity contribution in [2.75, 3.05) is 0 Å². The first kappa shape index (κ1) is 9.43. The van der Waals surface area contributed by atoms with Crippen LogP contribution in [0.4, 0.5) is 0 Å². The molecule has 1 saturated heterocycles. The molecular weight excluding hydrogens is 130 g/mol. The van der Waals surface area contributed by atoms with Gasteiger partial charge in [0.05, 0.1) is 6.10 Å². The summed E-state index contributed by atoms with van der Waals surface area (Å²) >= 11 is 0. The summed E-state index contributed by atoms with van der Waals surface area (Å²) in [4.78, 5) is 15.2. The smallest absolute Gasteiger partial charge is 0.243 e. The van der Waals surface area contributed by atoms with Gasteiger partial charge in [0.25, 0.3) is 0 Å². The van der Waals surface area contributed by atoms with E-state index in [1.807, 2.05) is 20.8 Å². The van der Waals surface area contributed by atoms with Gasteiger partial charge in [-0.15, -0.1) is 0 Å². The highest BCUT2D eigenvalue weighted by molar-refractivity contribution is 5.75. The standard InChI is InChI=1S/C5H9NO2.C2H6/c1-4-2-3-5(7)6-8-4;1-2/h4H,2-3H2,1H3,(H,6,7);1-2H3. The minimum absolute atomic E-state index is 0.0110. The van der Waals surface area contributed by atoms with Crippen molar-refractivity contribution in [3.8, 4) is 0 Å². The molecule has 1 rings (SSSR count). The van der Waals surface area contributed by atoms with Crippen LogP contribution in [0.25, 0.3) is 0 Å². The van der Waals surface area contributed by atoms with Gasteiger partial charge in [0.15, 0.2) is 0 Å². The van der Waals surface area contributed by atoms with Crippen LogP contribution >= 0.6 is 0 Å². The van der Waals surface area contributed by atoms with Crippen molar-refractivity contribution < 1.29 is 9.63 Å². The number of amides is 1. The van der Waals surface area contributed by atoms with Crippen molar-refractivity contribution in [1.82, 2.24) is 5.48 Å². The monoisotopic (exact) mass is 145 g/mol. The van der Waals surface area contributed by atoms with E-state index >= 15 is 0 Å². The fourth-order valence-corrected chi connectivity index (χ4v) is 0.611. The minimum atomic E-state index is -0.0110. The van der Waals surface area contributed by atoms with Gasteiger partial charge in [-0.25, -0.2) is 5.48 Å². The summed E-state index contributed by atoms with van der Waals surface area (Å²) in [7, 11) is 0. The van der Waals surface area contributed by atoms with E-state index in [-0.39, 0.29) is 12.0 Å². The molecule has 0 bridgehead atoms. The highest BCUT2D eigenvalue weighted by atomic mass is 16.7. The maximum Gasteiger partial charge on any atom is 0.243 e. The molecule has 60 valence electrons. The van der Waals surface area contributed by atoms with E-state index in [1.165, 1.54) is 0 Å². The van der Waals surface area contributed by atoms with E-state index in [9.17, 15) is 4.79 Å². The summed E-state index contributed by atoms with van der Waals surface area (Å²) in [5.74, 6) is -0.0110. The lowest BCUT2D eigenvalue weighted by Gasteiger charge is -2.17. The summed E-state index contributed by atoms with van der Waals surface area (Å²) in [5.41, 5.74) is 2.29. The molecule has 0 aromatic carbocycles. The predicted octanol–water partition coefficient (Wildman–Crippen LogP) is 1.24. The van der Waals surface area contributed by atoms with Crippen LogP contribution in [0, 0.1) is 0 Å². The molecule has 1 N–H and O–H groups in total. The molecule has 3 heteroatoms. The summed E-state index contributed by atoms with van der Waals surface area (Å²) < 4.78 is 0. The molecule has 1 aliphatic heterocycles. The van der Waals surface area contributed by atoms with Gasteiger partial charge in [0.1, 0.15) is 0 Å². The van der Waals surface area contributed by atoms with E-state index in [2.05, 4.69) is 5.48 Å². The lowest BCUT2D eigenvalue weighted by molar-refractivity contribution is -0.145. The van der Waals surface area contributed by atoms with E-state index < -0.39 is 0 Å². The topological polar surface area (TPSA) is 38.3 Å². The Morgan fingerprint density at radius 1 is 1.60 bits per heavy atom. The van der Waals surface area contributed by atoms with Crippen molar-refractivity contribution in [3.05, 3.63) is 0 Å². The Hall–Kier alpha value is -0.570. The number of hydroxylamine groups is 1. The Morgan fingerprint density at radius 3 is 2.50 bits per heavy atom. The molecule has 1 aliphatic rings. The molecule has 1 fully saturated rings. The van der Waals surface area contributed by atoms with Gasteiger partial charge in [-0.05, 0) is 13.3 Å². The van der Waals surface area contributed by atoms with E-state index in [1.54, 1.807) is 0 Å². The minimum Gasteiger partial charge on any atom is -0.273 e. The molecule has 0 radical (unpaired) electrons. The van der Waals surface area contributed by atoms with Crippen LogP contribution in [0.3, 0.4) is 0 Å². The molecule has 1 heterocycles. The first-order chi connectivity index (χ1) is 4.79. The van der Waals surface area contributed by atoms with Gasteiger partial charge < -0.3 is 0 Å². The van der Waals surface area contributed by atoms with Gasteiger partial charge in [-0.2, -0.15) is 0 Å². The highest BCUT2D eigenvalue weighted by Gasteiger charge is 2.13. The quantitative estimate of drug-likeness (QED) is 0.557.